The Morgan fingerprint density at radius 2 is 1.94 bits per heavy atom. The number of methoxy groups -OCH3 is 1. The predicted molar refractivity (Wildman–Crippen MR) is 76.3 cm³/mol. The Morgan fingerprint density at radius 1 is 1.29 bits per heavy atom. The minimum Gasteiger partial charge on any atom is -0.496 e. The van der Waals surface area contributed by atoms with E-state index in [1.165, 1.54) is 16.7 Å². The first-order valence-corrected chi connectivity index (χ1v) is 6.04. The summed E-state index contributed by atoms with van der Waals surface area (Å²) in [5.41, 5.74) is 9.80. The van der Waals surface area contributed by atoms with Crippen molar-refractivity contribution < 1.29 is 4.74 Å². The van der Waals surface area contributed by atoms with E-state index in [1.54, 1.807) is 7.11 Å². The van der Waals surface area contributed by atoms with Crippen LogP contribution >= 0.6 is 12.4 Å². The molecule has 0 fully saturated rings. The van der Waals surface area contributed by atoms with Crippen molar-refractivity contribution >= 4 is 12.4 Å². The van der Waals surface area contributed by atoms with Crippen LogP contribution in [0.1, 0.15) is 37.0 Å². The molecule has 0 spiro atoms. The van der Waals surface area contributed by atoms with Gasteiger partial charge in [0.1, 0.15) is 5.75 Å². The van der Waals surface area contributed by atoms with Gasteiger partial charge in [0.15, 0.2) is 0 Å². The molecular weight excluding hydrogens is 234 g/mol. The minimum absolute atomic E-state index is 0. The molecule has 3 heteroatoms. The molecule has 0 amide bonds. The van der Waals surface area contributed by atoms with Crippen LogP contribution in [0.15, 0.2) is 12.1 Å². The Morgan fingerprint density at radius 3 is 2.41 bits per heavy atom. The highest BCUT2D eigenvalue weighted by molar-refractivity contribution is 5.85. The lowest BCUT2D eigenvalue weighted by Gasteiger charge is -2.15. The number of ether oxygens (including phenoxy) is 1. The summed E-state index contributed by atoms with van der Waals surface area (Å²) >= 11 is 0. The molecule has 0 heterocycles. The summed E-state index contributed by atoms with van der Waals surface area (Å²) in [4.78, 5) is 0. The minimum atomic E-state index is 0. The zero-order chi connectivity index (χ0) is 12.1. The van der Waals surface area contributed by atoms with Gasteiger partial charge in [-0.1, -0.05) is 26.0 Å². The second kappa shape index (κ2) is 7.57. The van der Waals surface area contributed by atoms with Crippen molar-refractivity contribution in [1.82, 2.24) is 0 Å². The summed E-state index contributed by atoms with van der Waals surface area (Å²) in [7, 11) is 1.74. The second-order valence-corrected chi connectivity index (χ2v) is 4.33. The highest BCUT2D eigenvalue weighted by Crippen LogP contribution is 2.26. The molecule has 0 aromatic heterocycles. The molecule has 0 aliphatic rings. The molecule has 2 N–H and O–H groups in total. The van der Waals surface area contributed by atoms with Crippen LogP contribution in [0.4, 0.5) is 0 Å². The zero-order valence-electron chi connectivity index (χ0n) is 11.2. The van der Waals surface area contributed by atoms with Crippen LogP contribution < -0.4 is 10.5 Å². The Balaban J connectivity index is 0.00000256. The van der Waals surface area contributed by atoms with Crippen LogP contribution in [0.25, 0.3) is 0 Å². The van der Waals surface area contributed by atoms with Crippen molar-refractivity contribution in [3.8, 4) is 5.75 Å². The van der Waals surface area contributed by atoms with Gasteiger partial charge in [0.2, 0.25) is 0 Å². The molecule has 0 aliphatic heterocycles. The largest absolute Gasteiger partial charge is 0.496 e. The van der Waals surface area contributed by atoms with E-state index in [0.29, 0.717) is 0 Å². The van der Waals surface area contributed by atoms with Crippen LogP contribution in [0, 0.1) is 6.92 Å². The highest BCUT2D eigenvalue weighted by atomic mass is 35.5. The van der Waals surface area contributed by atoms with Gasteiger partial charge in [-0.25, -0.2) is 0 Å². The quantitative estimate of drug-likeness (QED) is 0.879. The van der Waals surface area contributed by atoms with Gasteiger partial charge in [-0.05, 0) is 42.9 Å². The third-order valence-corrected chi connectivity index (χ3v) is 3.02. The van der Waals surface area contributed by atoms with Crippen LogP contribution in [0.2, 0.25) is 0 Å². The summed E-state index contributed by atoms with van der Waals surface area (Å²) in [5.74, 6) is 1.02. The molecule has 0 bridgehead atoms. The molecule has 1 atom stereocenters. The molecule has 1 aromatic rings. The van der Waals surface area contributed by atoms with Crippen LogP contribution in [0.5, 0.6) is 5.75 Å². The van der Waals surface area contributed by atoms with Gasteiger partial charge in [0, 0.05) is 6.04 Å². The number of halogens is 1. The highest BCUT2D eigenvalue weighted by Gasteiger charge is 2.09. The summed E-state index contributed by atoms with van der Waals surface area (Å²) in [6.45, 7) is 6.38. The molecule has 1 aromatic carbocycles. The molecular formula is C14H24ClNO. The Bertz CT molecular complexity index is 352. The van der Waals surface area contributed by atoms with Crippen molar-refractivity contribution in [3.05, 3.63) is 28.8 Å². The topological polar surface area (TPSA) is 35.2 Å². The lowest BCUT2D eigenvalue weighted by Crippen LogP contribution is -2.21. The number of rotatable bonds is 5. The number of benzene rings is 1. The van der Waals surface area contributed by atoms with E-state index >= 15 is 0 Å². The molecule has 0 aliphatic carbocycles. The van der Waals surface area contributed by atoms with E-state index in [4.69, 9.17) is 10.5 Å². The van der Waals surface area contributed by atoms with E-state index in [-0.39, 0.29) is 18.4 Å². The molecule has 0 saturated heterocycles. The average Bonchev–Trinajstić information content (AvgIpc) is 2.28. The first-order valence-electron chi connectivity index (χ1n) is 6.04. The first kappa shape index (κ1) is 16.3. The van der Waals surface area contributed by atoms with Gasteiger partial charge in [-0.3, -0.25) is 0 Å². The van der Waals surface area contributed by atoms with Gasteiger partial charge in [0.25, 0.3) is 0 Å². The summed E-state index contributed by atoms with van der Waals surface area (Å²) in [5, 5.41) is 0. The Labute approximate surface area is 111 Å². The molecule has 0 radical (unpaired) electrons. The lowest BCUT2D eigenvalue weighted by molar-refractivity contribution is 0.406. The summed E-state index contributed by atoms with van der Waals surface area (Å²) in [6.07, 6.45) is 2.97. The van der Waals surface area contributed by atoms with Gasteiger partial charge < -0.3 is 10.5 Å². The SMILES string of the molecule is CCc1cc(CC(N)CC)cc(C)c1OC.Cl. The van der Waals surface area contributed by atoms with Gasteiger partial charge in [-0.2, -0.15) is 0 Å². The number of hydrogen-bond donors (Lipinski definition) is 1. The normalized spacial score (nSPS) is 11.8. The van der Waals surface area contributed by atoms with Crippen molar-refractivity contribution in [2.75, 3.05) is 7.11 Å². The maximum absolute atomic E-state index is 5.99. The fraction of sp³-hybridized carbons (Fsp3) is 0.571. The Kier molecular flexibility index (Phi) is 7.24. The fourth-order valence-corrected chi connectivity index (χ4v) is 2.05. The Hall–Kier alpha value is -0.730. The van der Waals surface area contributed by atoms with Crippen LogP contribution in [-0.2, 0) is 12.8 Å². The maximum Gasteiger partial charge on any atom is 0.124 e. The van der Waals surface area contributed by atoms with Crippen molar-refractivity contribution in [1.29, 1.82) is 0 Å². The number of nitrogens with two attached hydrogens (primary N) is 1. The summed E-state index contributed by atoms with van der Waals surface area (Å²) in [6, 6.07) is 4.67. The van der Waals surface area contributed by atoms with Crippen molar-refractivity contribution in [2.45, 2.75) is 46.1 Å². The van der Waals surface area contributed by atoms with E-state index < -0.39 is 0 Å². The van der Waals surface area contributed by atoms with Crippen molar-refractivity contribution in [3.63, 3.8) is 0 Å². The van der Waals surface area contributed by atoms with Crippen LogP contribution in [0.3, 0.4) is 0 Å². The second-order valence-electron chi connectivity index (χ2n) is 4.33. The fourth-order valence-electron chi connectivity index (χ4n) is 2.05. The van der Waals surface area contributed by atoms with E-state index in [1.807, 2.05) is 0 Å². The molecule has 17 heavy (non-hydrogen) atoms. The smallest absolute Gasteiger partial charge is 0.124 e. The maximum atomic E-state index is 5.99. The average molecular weight is 258 g/mol. The molecule has 1 rings (SSSR count). The van der Waals surface area contributed by atoms with Crippen molar-refractivity contribution in [2.24, 2.45) is 5.73 Å². The summed E-state index contributed by atoms with van der Waals surface area (Å²) < 4.78 is 5.42. The van der Waals surface area contributed by atoms with Gasteiger partial charge in [0.05, 0.1) is 7.11 Å². The monoisotopic (exact) mass is 257 g/mol. The first-order chi connectivity index (χ1) is 7.62. The van der Waals surface area contributed by atoms with E-state index in [9.17, 15) is 0 Å². The van der Waals surface area contributed by atoms with Gasteiger partial charge >= 0.3 is 0 Å². The third kappa shape index (κ3) is 4.21. The van der Waals surface area contributed by atoms with E-state index in [0.717, 1.165) is 25.0 Å². The zero-order valence-corrected chi connectivity index (χ0v) is 12.1. The number of hydrogen-bond acceptors (Lipinski definition) is 2. The molecule has 2 nitrogen and oxygen atoms in total. The third-order valence-electron chi connectivity index (χ3n) is 3.02. The van der Waals surface area contributed by atoms with Gasteiger partial charge in [-0.15, -0.1) is 12.4 Å². The van der Waals surface area contributed by atoms with Crippen LogP contribution in [-0.4, -0.2) is 13.2 Å². The molecule has 98 valence electrons. The molecule has 0 saturated carbocycles. The number of aryl methyl sites for hydroxylation is 2. The lowest BCUT2D eigenvalue weighted by atomic mass is 9.98. The van der Waals surface area contributed by atoms with E-state index in [2.05, 4.69) is 32.9 Å². The predicted octanol–water partition coefficient (Wildman–Crippen LogP) is 3.27. The molecule has 1 unspecified atom stereocenters. The standard InChI is InChI=1S/C14H23NO.ClH/c1-5-12-8-11(9-13(15)6-2)7-10(3)14(12)16-4;/h7-8,13H,5-6,9,15H2,1-4H3;1H.